The summed E-state index contributed by atoms with van der Waals surface area (Å²) >= 11 is 0. The van der Waals surface area contributed by atoms with E-state index in [9.17, 15) is 18.4 Å². The molecular weight excluding hydrogens is 286 g/mol. The van der Waals surface area contributed by atoms with Crippen LogP contribution in [0.3, 0.4) is 0 Å². The van der Waals surface area contributed by atoms with Crippen molar-refractivity contribution in [1.29, 1.82) is 0 Å². The lowest BCUT2D eigenvalue weighted by molar-refractivity contribution is -0.124. The molecule has 0 radical (unpaired) electrons. The zero-order valence-corrected chi connectivity index (χ0v) is 11.4. The molecule has 0 fully saturated rings. The molecule has 21 heavy (non-hydrogen) atoms. The molecule has 0 saturated heterocycles. The van der Waals surface area contributed by atoms with Crippen molar-refractivity contribution in [1.82, 2.24) is 5.32 Å². The van der Waals surface area contributed by atoms with E-state index in [1.807, 2.05) is 0 Å². The number of carbonyl (C=O) groups is 2. The number of halogens is 2. The van der Waals surface area contributed by atoms with Crippen molar-refractivity contribution in [3.05, 3.63) is 29.3 Å². The number of nitrogen functional groups attached to an aromatic ring is 1. The van der Waals surface area contributed by atoms with Crippen molar-refractivity contribution < 1.29 is 27.8 Å². The number of amides is 1. The number of rotatable bonds is 7. The highest BCUT2D eigenvalue weighted by Gasteiger charge is 2.16. The summed E-state index contributed by atoms with van der Waals surface area (Å²) in [5.74, 6) is -3.90. The highest BCUT2D eigenvalue weighted by molar-refractivity contribution is 5.96. The van der Waals surface area contributed by atoms with Gasteiger partial charge in [-0.3, -0.25) is 4.79 Å². The van der Waals surface area contributed by atoms with Crippen molar-refractivity contribution in [2.45, 2.75) is 6.42 Å². The van der Waals surface area contributed by atoms with Gasteiger partial charge in [0.25, 0.3) is 5.91 Å². The maximum Gasteiger partial charge on any atom is 0.340 e. The Hall–Kier alpha value is -2.22. The molecule has 0 aromatic heterocycles. The predicted molar refractivity (Wildman–Crippen MR) is 70.6 cm³/mol. The van der Waals surface area contributed by atoms with E-state index in [0.29, 0.717) is 31.7 Å². The fourth-order valence-electron chi connectivity index (χ4n) is 1.44. The molecule has 0 atom stereocenters. The van der Waals surface area contributed by atoms with Gasteiger partial charge in [0.1, 0.15) is 0 Å². The summed E-state index contributed by atoms with van der Waals surface area (Å²) in [7, 11) is 1.54. The van der Waals surface area contributed by atoms with Gasteiger partial charge in [-0.25, -0.2) is 13.6 Å². The van der Waals surface area contributed by atoms with Crippen LogP contribution in [0.2, 0.25) is 0 Å². The third-order valence-corrected chi connectivity index (χ3v) is 2.49. The molecular formula is C13H16F2N2O4. The lowest BCUT2D eigenvalue weighted by Crippen LogP contribution is -2.30. The van der Waals surface area contributed by atoms with E-state index >= 15 is 0 Å². The molecule has 1 amide bonds. The molecule has 0 aliphatic rings. The number of benzene rings is 1. The van der Waals surface area contributed by atoms with Gasteiger partial charge in [-0.2, -0.15) is 0 Å². The number of nitrogens with two attached hydrogens (primary N) is 1. The number of hydrogen-bond acceptors (Lipinski definition) is 5. The van der Waals surface area contributed by atoms with Crippen molar-refractivity contribution in [2.24, 2.45) is 0 Å². The summed E-state index contributed by atoms with van der Waals surface area (Å²) < 4.78 is 35.4. The van der Waals surface area contributed by atoms with Gasteiger partial charge < -0.3 is 20.5 Å². The minimum absolute atomic E-state index is 0.264. The topological polar surface area (TPSA) is 90.6 Å². The summed E-state index contributed by atoms with van der Waals surface area (Å²) in [6.07, 6.45) is 0.617. The molecule has 0 unspecified atom stereocenters. The van der Waals surface area contributed by atoms with E-state index in [1.54, 1.807) is 0 Å². The van der Waals surface area contributed by atoms with E-state index in [1.165, 1.54) is 7.11 Å². The Morgan fingerprint density at radius 1 is 1.29 bits per heavy atom. The van der Waals surface area contributed by atoms with Gasteiger partial charge in [-0.1, -0.05) is 0 Å². The van der Waals surface area contributed by atoms with E-state index in [-0.39, 0.29) is 11.3 Å². The Morgan fingerprint density at radius 2 is 1.95 bits per heavy atom. The molecule has 0 aliphatic heterocycles. The Balaban J connectivity index is 2.47. The first-order valence-electron chi connectivity index (χ1n) is 6.13. The normalized spacial score (nSPS) is 10.2. The third kappa shape index (κ3) is 5.35. The summed E-state index contributed by atoms with van der Waals surface area (Å²) in [4.78, 5) is 23.0. The first-order valence-corrected chi connectivity index (χ1v) is 6.13. The van der Waals surface area contributed by atoms with Gasteiger partial charge >= 0.3 is 5.97 Å². The molecule has 6 nitrogen and oxygen atoms in total. The van der Waals surface area contributed by atoms with Gasteiger partial charge in [0.15, 0.2) is 18.2 Å². The molecule has 116 valence electrons. The number of anilines is 1. The van der Waals surface area contributed by atoms with Crippen LogP contribution in [0, 0.1) is 11.6 Å². The van der Waals surface area contributed by atoms with Crippen LogP contribution in [-0.4, -0.2) is 38.7 Å². The number of ether oxygens (including phenoxy) is 2. The summed E-state index contributed by atoms with van der Waals surface area (Å²) in [5.41, 5.74) is 4.79. The molecule has 0 saturated carbocycles. The van der Waals surface area contributed by atoms with Crippen LogP contribution in [0.25, 0.3) is 0 Å². The lowest BCUT2D eigenvalue weighted by atomic mass is 10.1. The van der Waals surface area contributed by atoms with Gasteiger partial charge in [0.2, 0.25) is 0 Å². The Bertz CT molecular complexity index is 523. The van der Waals surface area contributed by atoms with E-state index in [4.69, 9.17) is 10.5 Å². The minimum Gasteiger partial charge on any atom is -0.452 e. The Labute approximate surface area is 120 Å². The van der Waals surface area contributed by atoms with Crippen LogP contribution in [-0.2, 0) is 14.3 Å². The molecule has 0 aliphatic carbocycles. The first-order chi connectivity index (χ1) is 9.95. The van der Waals surface area contributed by atoms with Crippen molar-refractivity contribution in [3.8, 4) is 0 Å². The fraction of sp³-hybridized carbons (Fsp3) is 0.385. The van der Waals surface area contributed by atoms with E-state index < -0.39 is 30.1 Å². The second-order valence-electron chi connectivity index (χ2n) is 4.13. The van der Waals surface area contributed by atoms with Gasteiger partial charge in [0, 0.05) is 32.0 Å². The maximum absolute atomic E-state index is 13.0. The quantitative estimate of drug-likeness (QED) is 0.443. The first kappa shape index (κ1) is 16.8. The average Bonchev–Trinajstić information content (AvgIpc) is 2.45. The largest absolute Gasteiger partial charge is 0.452 e. The smallest absolute Gasteiger partial charge is 0.340 e. The maximum atomic E-state index is 13.0. The predicted octanol–water partition coefficient (Wildman–Crippen LogP) is 0.856. The molecule has 8 heteroatoms. The monoisotopic (exact) mass is 302 g/mol. The average molecular weight is 302 g/mol. The van der Waals surface area contributed by atoms with Crippen LogP contribution in [0.4, 0.5) is 14.5 Å². The van der Waals surface area contributed by atoms with E-state index in [0.717, 1.165) is 0 Å². The SMILES string of the molecule is COCCCNC(=O)COC(=O)c1cc(F)c(F)cc1N. The summed E-state index contributed by atoms with van der Waals surface area (Å²) in [6, 6.07) is 1.31. The zero-order chi connectivity index (χ0) is 15.8. The third-order valence-electron chi connectivity index (χ3n) is 2.49. The van der Waals surface area contributed by atoms with Crippen LogP contribution in [0.1, 0.15) is 16.8 Å². The van der Waals surface area contributed by atoms with Crippen molar-refractivity contribution >= 4 is 17.6 Å². The van der Waals surface area contributed by atoms with Crippen molar-refractivity contribution in [3.63, 3.8) is 0 Å². The Kier molecular flexibility index (Phi) is 6.54. The van der Waals surface area contributed by atoms with Gasteiger partial charge in [-0.15, -0.1) is 0 Å². The fourth-order valence-corrected chi connectivity index (χ4v) is 1.44. The lowest BCUT2D eigenvalue weighted by Gasteiger charge is -2.08. The molecule has 1 aromatic rings. The molecule has 1 rings (SSSR count). The summed E-state index contributed by atoms with van der Waals surface area (Å²) in [6.45, 7) is 0.327. The van der Waals surface area contributed by atoms with Crippen LogP contribution < -0.4 is 11.1 Å². The molecule has 3 N–H and O–H groups in total. The minimum atomic E-state index is -1.22. The number of methoxy groups -OCH3 is 1. The molecule has 0 bridgehead atoms. The molecule has 0 spiro atoms. The van der Waals surface area contributed by atoms with E-state index in [2.05, 4.69) is 10.1 Å². The Morgan fingerprint density at radius 3 is 2.62 bits per heavy atom. The molecule has 0 heterocycles. The number of nitrogens with one attached hydrogen (secondary N) is 1. The number of hydrogen-bond donors (Lipinski definition) is 2. The second-order valence-corrected chi connectivity index (χ2v) is 4.13. The van der Waals surface area contributed by atoms with Crippen LogP contribution in [0.5, 0.6) is 0 Å². The van der Waals surface area contributed by atoms with Crippen LogP contribution in [0.15, 0.2) is 12.1 Å². The summed E-state index contributed by atoms with van der Waals surface area (Å²) in [5, 5.41) is 2.50. The zero-order valence-electron chi connectivity index (χ0n) is 11.4. The number of esters is 1. The number of carbonyl (C=O) groups excluding carboxylic acids is 2. The van der Waals surface area contributed by atoms with Crippen molar-refractivity contribution in [2.75, 3.05) is 32.6 Å². The van der Waals surface area contributed by atoms with Gasteiger partial charge in [-0.05, 0) is 12.5 Å². The highest BCUT2D eigenvalue weighted by atomic mass is 19.2. The highest BCUT2D eigenvalue weighted by Crippen LogP contribution is 2.17. The second kappa shape index (κ2) is 8.15. The molecule has 1 aromatic carbocycles. The standard InChI is InChI=1S/C13H16F2N2O4/c1-20-4-2-3-17-12(18)7-21-13(19)8-5-9(14)10(15)6-11(8)16/h5-6H,2-4,7,16H2,1H3,(H,17,18). The van der Waals surface area contributed by atoms with Crippen LogP contribution >= 0.6 is 0 Å². The van der Waals surface area contributed by atoms with Gasteiger partial charge in [0.05, 0.1) is 5.56 Å².